The maximum absolute atomic E-state index is 13.3. The van der Waals surface area contributed by atoms with E-state index in [-0.39, 0.29) is 5.91 Å². The zero-order chi connectivity index (χ0) is 23.9. The van der Waals surface area contributed by atoms with E-state index in [2.05, 4.69) is 53.2 Å². The van der Waals surface area contributed by atoms with Crippen LogP contribution in [-0.2, 0) is 12.1 Å². The maximum Gasteiger partial charge on any atom is 0.253 e. The number of aromatic nitrogens is 1. The van der Waals surface area contributed by atoms with E-state index in [1.165, 1.54) is 38.5 Å². The smallest absolute Gasteiger partial charge is 0.253 e. The van der Waals surface area contributed by atoms with Gasteiger partial charge in [-0.1, -0.05) is 43.5 Å². The maximum atomic E-state index is 13.3. The Morgan fingerprint density at radius 1 is 1.03 bits per heavy atom. The van der Waals surface area contributed by atoms with Gasteiger partial charge in [-0.3, -0.25) is 4.79 Å². The molecule has 2 N–H and O–H groups in total. The van der Waals surface area contributed by atoms with Gasteiger partial charge in [0.15, 0.2) is 0 Å². The summed E-state index contributed by atoms with van der Waals surface area (Å²) in [6.45, 7) is 6.72. The Labute approximate surface area is 203 Å². The highest BCUT2D eigenvalue weighted by atomic mass is 16.3. The first-order valence-corrected chi connectivity index (χ1v) is 13.1. The number of nitrogens with one attached hydrogen (secondary N) is 1. The molecule has 2 aromatic carbocycles. The summed E-state index contributed by atoms with van der Waals surface area (Å²) in [5.74, 6) is 0.693. The largest absolute Gasteiger partial charge is 0.386 e. The van der Waals surface area contributed by atoms with E-state index in [0.717, 1.165) is 58.2 Å². The van der Waals surface area contributed by atoms with Gasteiger partial charge < -0.3 is 15.0 Å². The average molecular weight is 459 g/mol. The standard InChI is InChI=1S/C30H38N2O2/c1-20-26(29(33)31-24-13-9-14-24)18-28(32(20)19-21-10-5-4-6-11-21)27-17-23(30(2,3)34)16-22-12-7-8-15-25(22)27/h7-8,12,15-18,21,24,34H,4-6,9-11,13-14,19H2,1-3H3,(H,31,33). The number of aliphatic hydroxyl groups is 1. The third-order valence-corrected chi connectivity index (χ3v) is 8.06. The van der Waals surface area contributed by atoms with Crippen molar-refractivity contribution in [1.29, 1.82) is 0 Å². The molecule has 0 saturated heterocycles. The van der Waals surface area contributed by atoms with E-state index in [1.54, 1.807) is 0 Å². The molecule has 3 aromatic rings. The quantitative estimate of drug-likeness (QED) is 0.431. The lowest BCUT2D eigenvalue weighted by atomic mass is 9.88. The van der Waals surface area contributed by atoms with Gasteiger partial charge in [0.05, 0.1) is 11.2 Å². The van der Waals surface area contributed by atoms with Crippen molar-refractivity contribution in [2.24, 2.45) is 5.92 Å². The summed E-state index contributed by atoms with van der Waals surface area (Å²) in [7, 11) is 0. The van der Waals surface area contributed by atoms with Gasteiger partial charge in [0.1, 0.15) is 0 Å². The van der Waals surface area contributed by atoms with Crippen molar-refractivity contribution in [3.8, 4) is 11.3 Å². The van der Waals surface area contributed by atoms with Crippen LogP contribution in [0.4, 0.5) is 0 Å². The first-order valence-electron chi connectivity index (χ1n) is 13.1. The van der Waals surface area contributed by atoms with Crippen molar-refractivity contribution in [1.82, 2.24) is 9.88 Å². The molecule has 0 radical (unpaired) electrons. The number of carbonyl (C=O) groups is 1. The summed E-state index contributed by atoms with van der Waals surface area (Å²) in [4.78, 5) is 13.3. The average Bonchev–Trinajstić information content (AvgIpc) is 3.11. The molecule has 1 heterocycles. The molecule has 2 saturated carbocycles. The number of fused-ring (bicyclic) bond motifs is 1. The fraction of sp³-hybridized carbons (Fsp3) is 0.500. The second-order valence-corrected chi connectivity index (χ2v) is 11.0. The van der Waals surface area contributed by atoms with E-state index in [9.17, 15) is 9.90 Å². The molecule has 5 rings (SSSR count). The van der Waals surface area contributed by atoms with Crippen LogP contribution in [-0.4, -0.2) is 21.6 Å². The van der Waals surface area contributed by atoms with Gasteiger partial charge in [-0.05, 0) is 93.3 Å². The Kier molecular flexibility index (Phi) is 6.28. The van der Waals surface area contributed by atoms with E-state index in [1.807, 2.05) is 19.9 Å². The normalized spacial score (nSPS) is 17.6. The number of carbonyl (C=O) groups excluding carboxylic acids is 1. The van der Waals surface area contributed by atoms with Crippen molar-refractivity contribution in [3.63, 3.8) is 0 Å². The van der Waals surface area contributed by atoms with Crippen LogP contribution in [0, 0.1) is 12.8 Å². The predicted octanol–water partition coefficient (Wildman–Crippen LogP) is 6.71. The van der Waals surface area contributed by atoms with Gasteiger partial charge in [0.2, 0.25) is 0 Å². The van der Waals surface area contributed by atoms with Crippen LogP contribution in [0.15, 0.2) is 42.5 Å². The zero-order valence-corrected chi connectivity index (χ0v) is 20.9. The highest BCUT2D eigenvalue weighted by Crippen LogP contribution is 2.37. The fourth-order valence-electron chi connectivity index (χ4n) is 5.65. The monoisotopic (exact) mass is 458 g/mol. The summed E-state index contributed by atoms with van der Waals surface area (Å²) in [5, 5.41) is 16.4. The van der Waals surface area contributed by atoms with Crippen LogP contribution in [0.3, 0.4) is 0 Å². The second-order valence-electron chi connectivity index (χ2n) is 11.0. The predicted molar refractivity (Wildman–Crippen MR) is 139 cm³/mol. The Morgan fingerprint density at radius 2 is 1.76 bits per heavy atom. The molecule has 0 aliphatic heterocycles. The van der Waals surface area contributed by atoms with Crippen LogP contribution >= 0.6 is 0 Å². The summed E-state index contributed by atoms with van der Waals surface area (Å²) in [5.41, 5.74) is 3.97. The van der Waals surface area contributed by atoms with Gasteiger partial charge >= 0.3 is 0 Å². The second kappa shape index (κ2) is 9.22. The molecular formula is C30H38N2O2. The van der Waals surface area contributed by atoms with Gasteiger partial charge in [0.25, 0.3) is 5.91 Å². The molecule has 180 valence electrons. The fourth-order valence-corrected chi connectivity index (χ4v) is 5.65. The molecular weight excluding hydrogens is 420 g/mol. The Bertz CT molecular complexity index is 1190. The molecule has 0 unspecified atom stereocenters. The Hall–Kier alpha value is -2.59. The minimum absolute atomic E-state index is 0.0498. The van der Waals surface area contributed by atoms with Crippen molar-refractivity contribution in [2.75, 3.05) is 0 Å². The van der Waals surface area contributed by atoms with Gasteiger partial charge in [-0.15, -0.1) is 0 Å². The first-order chi connectivity index (χ1) is 16.3. The third-order valence-electron chi connectivity index (χ3n) is 8.06. The van der Waals surface area contributed by atoms with Gasteiger partial charge in [-0.25, -0.2) is 0 Å². The zero-order valence-electron chi connectivity index (χ0n) is 20.9. The highest BCUT2D eigenvalue weighted by molar-refractivity contribution is 6.01. The van der Waals surface area contributed by atoms with Gasteiger partial charge in [0, 0.05) is 29.5 Å². The topological polar surface area (TPSA) is 54.3 Å². The number of nitrogens with zero attached hydrogens (tertiary/aromatic N) is 1. The number of hydrogen-bond donors (Lipinski definition) is 2. The summed E-state index contributed by atoms with van der Waals surface area (Å²) < 4.78 is 2.39. The molecule has 34 heavy (non-hydrogen) atoms. The SMILES string of the molecule is Cc1c(C(=O)NC2CCC2)cc(-c2cc(C(C)(C)O)cc3ccccc23)n1CC1CCCCC1. The molecule has 4 heteroatoms. The van der Waals surface area contributed by atoms with Crippen LogP contribution in [0.2, 0.25) is 0 Å². The molecule has 2 aliphatic carbocycles. The van der Waals surface area contributed by atoms with E-state index in [0.29, 0.717) is 12.0 Å². The minimum atomic E-state index is -0.945. The van der Waals surface area contributed by atoms with Crippen molar-refractivity contribution in [3.05, 3.63) is 59.3 Å². The lowest BCUT2D eigenvalue weighted by Gasteiger charge is -2.26. The lowest BCUT2D eigenvalue weighted by Crippen LogP contribution is -2.39. The van der Waals surface area contributed by atoms with Crippen LogP contribution in [0.25, 0.3) is 22.0 Å². The van der Waals surface area contributed by atoms with Crippen molar-refractivity contribution < 1.29 is 9.90 Å². The van der Waals surface area contributed by atoms with E-state index in [4.69, 9.17) is 0 Å². The van der Waals surface area contributed by atoms with Crippen molar-refractivity contribution >= 4 is 16.7 Å². The lowest BCUT2D eigenvalue weighted by molar-refractivity contribution is 0.0787. The Balaban J connectivity index is 1.65. The molecule has 1 aromatic heterocycles. The van der Waals surface area contributed by atoms with Gasteiger partial charge in [-0.2, -0.15) is 0 Å². The van der Waals surface area contributed by atoms with E-state index >= 15 is 0 Å². The number of hydrogen-bond acceptors (Lipinski definition) is 2. The molecule has 0 spiro atoms. The molecule has 0 atom stereocenters. The van der Waals surface area contributed by atoms with Crippen LogP contribution in [0.5, 0.6) is 0 Å². The summed E-state index contributed by atoms with van der Waals surface area (Å²) >= 11 is 0. The van der Waals surface area contributed by atoms with Crippen LogP contribution in [0.1, 0.15) is 86.8 Å². The molecule has 4 nitrogen and oxygen atoms in total. The number of benzene rings is 2. The summed E-state index contributed by atoms with van der Waals surface area (Å²) in [6, 6.07) is 15.0. The highest BCUT2D eigenvalue weighted by Gasteiger charge is 2.27. The molecule has 0 bridgehead atoms. The minimum Gasteiger partial charge on any atom is -0.386 e. The first kappa shape index (κ1) is 23.2. The molecule has 2 fully saturated rings. The molecule has 2 aliphatic rings. The number of amides is 1. The number of rotatable bonds is 6. The summed E-state index contributed by atoms with van der Waals surface area (Å²) in [6.07, 6.45) is 9.81. The van der Waals surface area contributed by atoms with E-state index < -0.39 is 5.60 Å². The van der Waals surface area contributed by atoms with Crippen LogP contribution < -0.4 is 5.32 Å². The third kappa shape index (κ3) is 4.53. The molecule has 1 amide bonds. The van der Waals surface area contributed by atoms with Crippen molar-refractivity contribution in [2.45, 2.75) is 90.3 Å². The Morgan fingerprint density at radius 3 is 2.44 bits per heavy atom.